The zero-order valence-electron chi connectivity index (χ0n) is 12.7. The average Bonchev–Trinajstić information content (AvgIpc) is 3.03. The molecule has 3 heterocycles. The highest BCUT2D eigenvalue weighted by molar-refractivity contribution is 9.10. The van der Waals surface area contributed by atoms with E-state index in [9.17, 15) is 0 Å². The van der Waals surface area contributed by atoms with E-state index in [2.05, 4.69) is 38.5 Å². The number of nitrogens with one attached hydrogen (secondary N) is 1. The number of anilines is 1. The summed E-state index contributed by atoms with van der Waals surface area (Å²) in [4.78, 5) is 4.93. The second-order valence-corrected chi connectivity index (χ2v) is 6.69. The van der Waals surface area contributed by atoms with Crippen molar-refractivity contribution in [3.05, 3.63) is 46.7 Å². The molecule has 1 aliphatic heterocycles. The van der Waals surface area contributed by atoms with E-state index < -0.39 is 0 Å². The number of benzene rings is 1. The molecule has 3 N–H and O–H groups in total. The SMILES string of the molecule is Nc1c(Br)c(C2CCCNC2)nc2c(-c3ccccc3)cnn12. The number of aromatic nitrogens is 3. The first-order valence-electron chi connectivity index (χ1n) is 7.84. The Morgan fingerprint density at radius 3 is 2.83 bits per heavy atom. The van der Waals surface area contributed by atoms with Crippen molar-refractivity contribution in [3.8, 4) is 11.1 Å². The van der Waals surface area contributed by atoms with Crippen LogP contribution in [-0.2, 0) is 0 Å². The number of fused-ring (bicyclic) bond motifs is 1. The summed E-state index contributed by atoms with van der Waals surface area (Å²) < 4.78 is 2.58. The molecule has 1 fully saturated rings. The Labute approximate surface area is 143 Å². The Bertz CT molecular complexity index is 837. The molecule has 3 aromatic rings. The molecule has 1 saturated heterocycles. The number of nitrogen functional groups attached to an aromatic ring is 1. The molecule has 2 aromatic heterocycles. The predicted molar refractivity (Wildman–Crippen MR) is 95.4 cm³/mol. The molecule has 0 bridgehead atoms. The summed E-state index contributed by atoms with van der Waals surface area (Å²) in [7, 11) is 0. The largest absolute Gasteiger partial charge is 0.383 e. The Morgan fingerprint density at radius 1 is 1.26 bits per heavy atom. The molecule has 1 aromatic carbocycles. The van der Waals surface area contributed by atoms with E-state index in [1.807, 2.05) is 24.4 Å². The average molecular weight is 372 g/mol. The van der Waals surface area contributed by atoms with Gasteiger partial charge in [0.2, 0.25) is 0 Å². The second kappa shape index (κ2) is 5.94. The Balaban J connectivity index is 1.90. The van der Waals surface area contributed by atoms with E-state index in [4.69, 9.17) is 10.7 Å². The molecule has 1 unspecified atom stereocenters. The first kappa shape index (κ1) is 14.7. The van der Waals surface area contributed by atoms with Crippen LogP contribution in [0.15, 0.2) is 41.0 Å². The smallest absolute Gasteiger partial charge is 0.165 e. The van der Waals surface area contributed by atoms with Gasteiger partial charge in [-0.05, 0) is 40.9 Å². The van der Waals surface area contributed by atoms with E-state index in [1.54, 1.807) is 4.52 Å². The predicted octanol–water partition coefficient (Wildman–Crippen LogP) is 3.21. The Hall–Kier alpha value is -1.92. The Morgan fingerprint density at radius 2 is 2.09 bits per heavy atom. The molecule has 0 spiro atoms. The molecule has 4 rings (SSSR count). The maximum atomic E-state index is 6.31. The minimum Gasteiger partial charge on any atom is -0.383 e. The van der Waals surface area contributed by atoms with Crippen molar-refractivity contribution < 1.29 is 0 Å². The van der Waals surface area contributed by atoms with Crippen LogP contribution >= 0.6 is 15.9 Å². The highest BCUT2D eigenvalue weighted by atomic mass is 79.9. The Kier molecular flexibility index (Phi) is 3.79. The summed E-state index contributed by atoms with van der Waals surface area (Å²) in [5.41, 5.74) is 10.3. The molecule has 6 heteroatoms. The third-order valence-electron chi connectivity index (χ3n) is 4.42. The van der Waals surface area contributed by atoms with Gasteiger partial charge in [-0.2, -0.15) is 9.61 Å². The minimum absolute atomic E-state index is 0.379. The van der Waals surface area contributed by atoms with Crippen LogP contribution in [0, 0.1) is 0 Å². The van der Waals surface area contributed by atoms with Crippen LogP contribution in [0.25, 0.3) is 16.8 Å². The van der Waals surface area contributed by atoms with Gasteiger partial charge >= 0.3 is 0 Å². The summed E-state index contributed by atoms with van der Waals surface area (Å²) in [6, 6.07) is 10.2. The summed E-state index contributed by atoms with van der Waals surface area (Å²) in [5.74, 6) is 0.988. The lowest BCUT2D eigenvalue weighted by Crippen LogP contribution is -2.29. The van der Waals surface area contributed by atoms with Crippen LogP contribution in [0.1, 0.15) is 24.5 Å². The normalized spacial score (nSPS) is 18.4. The van der Waals surface area contributed by atoms with Gasteiger partial charge in [0.05, 0.1) is 16.4 Å². The van der Waals surface area contributed by atoms with Crippen LogP contribution in [0.5, 0.6) is 0 Å². The van der Waals surface area contributed by atoms with Gasteiger partial charge in [0.1, 0.15) is 5.82 Å². The molecule has 118 valence electrons. The third kappa shape index (κ3) is 2.52. The molecule has 1 aliphatic rings. The summed E-state index contributed by atoms with van der Waals surface area (Å²) >= 11 is 3.63. The van der Waals surface area contributed by atoms with Gasteiger partial charge in [0.15, 0.2) is 5.65 Å². The topological polar surface area (TPSA) is 68.2 Å². The van der Waals surface area contributed by atoms with Gasteiger partial charge in [-0.3, -0.25) is 0 Å². The number of halogens is 1. The lowest BCUT2D eigenvalue weighted by atomic mass is 9.96. The number of rotatable bonds is 2. The fourth-order valence-corrected chi connectivity index (χ4v) is 3.77. The van der Waals surface area contributed by atoms with Gasteiger partial charge in [-0.1, -0.05) is 30.3 Å². The van der Waals surface area contributed by atoms with E-state index in [0.717, 1.165) is 52.9 Å². The van der Waals surface area contributed by atoms with Crippen molar-refractivity contribution in [1.29, 1.82) is 0 Å². The molecule has 0 amide bonds. The quantitative estimate of drug-likeness (QED) is 0.725. The number of piperidine rings is 1. The summed E-state index contributed by atoms with van der Waals surface area (Å²) in [6.07, 6.45) is 4.13. The van der Waals surface area contributed by atoms with E-state index in [-0.39, 0.29) is 0 Å². The van der Waals surface area contributed by atoms with E-state index >= 15 is 0 Å². The van der Waals surface area contributed by atoms with Crippen molar-refractivity contribution in [2.45, 2.75) is 18.8 Å². The first-order valence-corrected chi connectivity index (χ1v) is 8.63. The minimum atomic E-state index is 0.379. The molecule has 0 aliphatic carbocycles. The van der Waals surface area contributed by atoms with Gasteiger partial charge in [-0.15, -0.1) is 0 Å². The number of hydrogen-bond acceptors (Lipinski definition) is 4. The standard InChI is InChI=1S/C17H18BrN5/c18-14-15(12-7-4-8-20-9-12)22-17-13(10-21-23(17)16(14)19)11-5-2-1-3-6-11/h1-3,5-6,10,12,20H,4,7-9,19H2. The van der Waals surface area contributed by atoms with Crippen LogP contribution in [0.4, 0.5) is 5.82 Å². The van der Waals surface area contributed by atoms with Crippen LogP contribution in [0.2, 0.25) is 0 Å². The first-order chi connectivity index (χ1) is 11.3. The maximum absolute atomic E-state index is 6.31. The summed E-state index contributed by atoms with van der Waals surface area (Å²) in [6.45, 7) is 2.02. The third-order valence-corrected chi connectivity index (χ3v) is 5.23. The molecule has 23 heavy (non-hydrogen) atoms. The lowest BCUT2D eigenvalue weighted by molar-refractivity contribution is 0.453. The number of nitrogens with two attached hydrogens (primary N) is 1. The van der Waals surface area contributed by atoms with Crippen molar-refractivity contribution in [2.75, 3.05) is 18.8 Å². The highest BCUT2D eigenvalue weighted by Crippen LogP contribution is 2.34. The van der Waals surface area contributed by atoms with Crippen LogP contribution < -0.4 is 11.1 Å². The van der Waals surface area contributed by atoms with E-state index in [0.29, 0.717) is 11.7 Å². The fraction of sp³-hybridized carbons (Fsp3) is 0.294. The van der Waals surface area contributed by atoms with Gasteiger partial charge in [-0.25, -0.2) is 4.98 Å². The monoisotopic (exact) mass is 371 g/mol. The van der Waals surface area contributed by atoms with Crippen molar-refractivity contribution >= 4 is 27.4 Å². The maximum Gasteiger partial charge on any atom is 0.165 e. The number of hydrogen-bond donors (Lipinski definition) is 2. The zero-order valence-corrected chi connectivity index (χ0v) is 14.3. The van der Waals surface area contributed by atoms with E-state index in [1.165, 1.54) is 0 Å². The van der Waals surface area contributed by atoms with Gasteiger partial charge in [0, 0.05) is 18.0 Å². The van der Waals surface area contributed by atoms with Crippen molar-refractivity contribution in [2.24, 2.45) is 0 Å². The molecular formula is C17H18BrN5. The molecule has 0 saturated carbocycles. The fourth-order valence-electron chi connectivity index (χ4n) is 3.19. The highest BCUT2D eigenvalue weighted by Gasteiger charge is 2.23. The summed E-state index contributed by atoms with van der Waals surface area (Å²) in [5, 5.41) is 7.87. The molecular weight excluding hydrogens is 354 g/mol. The number of nitrogens with zero attached hydrogens (tertiary/aromatic N) is 3. The second-order valence-electron chi connectivity index (χ2n) is 5.90. The molecule has 5 nitrogen and oxygen atoms in total. The zero-order chi connectivity index (χ0) is 15.8. The molecule has 0 radical (unpaired) electrons. The van der Waals surface area contributed by atoms with Crippen LogP contribution in [0.3, 0.4) is 0 Å². The van der Waals surface area contributed by atoms with Crippen molar-refractivity contribution in [1.82, 2.24) is 19.9 Å². The molecule has 1 atom stereocenters. The van der Waals surface area contributed by atoms with Crippen molar-refractivity contribution in [3.63, 3.8) is 0 Å². The van der Waals surface area contributed by atoms with Crippen LogP contribution in [-0.4, -0.2) is 27.7 Å². The van der Waals surface area contributed by atoms with Gasteiger partial charge < -0.3 is 11.1 Å². The van der Waals surface area contributed by atoms with Gasteiger partial charge in [0.25, 0.3) is 0 Å². The lowest BCUT2D eigenvalue weighted by Gasteiger charge is -2.23.